The molecule has 2 rings (SSSR count). The van der Waals surface area contributed by atoms with Crippen molar-refractivity contribution in [3.63, 3.8) is 0 Å². The molecule has 2 aromatic carbocycles. The lowest BCUT2D eigenvalue weighted by Crippen LogP contribution is -2.21. The van der Waals surface area contributed by atoms with E-state index >= 15 is 0 Å². The summed E-state index contributed by atoms with van der Waals surface area (Å²) in [7, 11) is 0. The number of nitrogens with one attached hydrogen (secondary N) is 1. The lowest BCUT2D eigenvalue weighted by molar-refractivity contribution is -0.119. The van der Waals surface area contributed by atoms with Crippen molar-refractivity contribution in [3.8, 4) is 0 Å². The first-order valence-electron chi connectivity index (χ1n) is 6.55. The Morgan fingerprint density at radius 1 is 1.17 bits per heavy atom. The second-order valence-corrected chi connectivity index (χ2v) is 5.36. The van der Waals surface area contributed by atoms with Crippen LogP contribution in [0, 0.1) is 11.6 Å². The summed E-state index contributed by atoms with van der Waals surface area (Å²) in [6.45, 7) is -0.570. The first kappa shape index (κ1) is 17.0. The number of hydrogen-bond acceptors (Lipinski definition) is 4. The molecule has 1 amide bonds. The molecule has 0 saturated heterocycles. The average Bonchev–Trinajstić information content (AvgIpc) is 2.53. The van der Waals surface area contributed by atoms with Gasteiger partial charge in [0.25, 0.3) is 5.91 Å². The maximum Gasteiger partial charge on any atom is 0.341 e. The standard InChI is InChI=1S/C16H13F2NO3S/c1-23-12-4-2-3-11(8-12)19-15(20)9-22-16(21)13-6-5-10(17)7-14(13)18/h2-8H,9H2,1H3,(H,19,20). The molecule has 0 fully saturated rings. The van der Waals surface area contributed by atoms with Crippen LogP contribution < -0.4 is 5.32 Å². The van der Waals surface area contributed by atoms with Crippen LogP contribution in [0.25, 0.3) is 0 Å². The number of benzene rings is 2. The Hall–Kier alpha value is -2.41. The molecule has 23 heavy (non-hydrogen) atoms. The number of ether oxygens (including phenoxy) is 1. The van der Waals surface area contributed by atoms with Crippen molar-refractivity contribution >= 4 is 29.3 Å². The van der Waals surface area contributed by atoms with Crippen LogP contribution in [-0.4, -0.2) is 24.7 Å². The van der Waals surface area contributed by atoms with Gasteiger partial charge in [0.15, 0.2) is 6.61 Å². The van der Waals surface area contributed by atoms with Gasteiger partial charge < -0.3 is 10.1 Å². The number of anilines is 1. The number of carbonyl (C=O) groups is 2. The molecule has 120 valence electrons. The van der Waals surface area contributed by atoms with Crippen LogP contribution in [-0.2, 0) is 9.53 Å². The number of amides is 1. The topological polar surface area (TPSA) is 55.4 Å². The highest BCUT2D eigenvalue weighted by Gasteiger charge is 2.15. The molecule has 0 unspecified atom stereocenters. The van der Waals surface area contributed by atoms with Gasteiger partial charge in [0.2, 0.25) is 0 Å². The van der Waals surface area contributed by atoms with Crippen molar-refractivity contribution in [2.24, 2.45) is 0 Å². The third kappa shape index (κ3) is 4.79. The van der Waals surface area contributed by atoms with E-state index in [0.717, 1.165) is 17.0 Å². The van der Waals surface area contributed by atoms with Gasteiger partial charge >= 0.3 is 5.97 Å². The maximum atomic E-state index is 13.4. The number of carbonyl (C=O) groups excluding carboxylic acids is 2. The van der Waals surface area contributed by atoms with E-state index in [0.29, 0.717) is 11.8 Å². The van der Waals surface area contributed by atoms with Gasteiger partial charge in [0.05, 0.1) is 5.56 Å². The smallest absolute Gasteiger partial charge is 0.341 e. The number of thioether (sulfide) groups is 1. The zero-order chi connectivity index (χ0) is 16.8. The number of halogens is 2. The summed E-state index contributed by atoms with van der Waals surface area (Å²) in [5, 5.41) is 2.56. The van der Waals surface area contributed by atoms with Crippen molar-refractivity contribution in [1.29, 1.82) is 0 Å². The average molecular weight is 337 g/mol. The molecule has 0 bridgehead atoms. The van der Waals surface area contributed by atoms with Crippen LogP contribution in [0.2, 0.25) is 0 Å². The lowest BCUT2D eigenvalue weighted by Gasteiger charge is -2.08. The van der Waals surface area contributed by atoms with Crippen LogP contribution >= 0.6 is 11.8 Å². The number of rotatable bonds is 5. The maximum absolute atomic E-state index is 13.4. The largest absolute Gasteiger partial charge is 0.452 e. The fourth-order valence-electron chi connectivity index (χ4n) is 1.76. The lowest BCUT2D eigenvalue weighted by atomic mass is 10.2. The van der Waals surface area contributed by atoms with E-state index in [2.05, 4.69) is 5.32 Å². The first-order valence-corrected chi connectivity index (χ1v) is 7.78. The molecule has 0 spiro atoms. The second kappa shape index (κ2) is 7.73. The zero-order valence-electron chi connectivity index (χ0n) is 12.1. The third-order valence-electron chi connectivity index (χ3n) is 2.84. The minimum atomic E-state index is -1.04. The summed E-state index contributed by atoms with van der Waals surface area (Å²) in [6, 6.07) is 9.60. The molecule has 0 aromatic heterocycles. The molecular formula is C16H13F2NO3S. The molecule has 0 aliphatic heterocycles. The minimum absolute atomic E-state index is 0.427. The third-order valence-corrected chi connectivity index (χ3v) is 3.56. The van der Waals surface area contributed by atoms with Crippen molar-refractivity contribution in [2.75, 3.05) is 18.2 Å². The Labute approximate surface area is 135 Å². The van der Waals surface area contributed by atoms with Crippen molar-refractivity contribution < 1.29 is 23.1 Å². The fraction of sp³-hybridized carbons (Fsp3) is 0.125. The predicted molar refractivity (Wildman–Crippen MR) is 83.5 cm³/mol. The second-order valence-electron chi connectivity index (χ2n) is 4.48. The molecule has 0 saturated carbocycles. The van der Waals surface area contributed by atoms with E-state index in [-0.39, 0.29) is 0 Å². The van der Waals surface area contributed by atoms with Crippen molar-refractivity contribution in [2.45, 2.75) is 4.90 Å². The SMILES string of the molecule is CSc1cccc(NC(=O)COC(=O)c2ccc(F)cc2F)c1. The Morgan fingerprint density at radius 3 is 2.65 bits per heavy atom. The molecule has 0 heterocycles. The normalized spacial score (nSPS) is 10.2. The zero-order valence-corrected chi connectivity index (χ0v) is 13.0. The van der Waals surface area contributed by atoms with E-state index in [1.807, 2.05) is 12.3 Å². The summed E-state index contributed by atoms with van der Waals surface area (Å²) in [6.07, 6.45) is 1.90. The van der Waals surface area contributed by atoms with E-state index in [1.54, 1.807) is 18.2 Å². The molecule has 7 heteroatoms. The first-order chi connectivity index (χ1) is 11.0. The number of esters is 1. The quantitative estimate of drug-likeness (QED) is 0.670. The number of hydrogen-bond donors (Lipinski definition) is 1. The van der Waals surface area contributed by atoms with E-state index in [1.165, 1.54) is 11.8 Å². The fourth-order valence-corrected chi connectivity index (χ4v) is 2.22. The Kier molecular flexibility index (Phi) is 5.70. The summed E-state index contributed by atoms with van der Waals surface area (Å²) in [5.41, 5.74) is 0.134. The van der Waals surface area contributed by atoms with Gasteiger partial charge in [-0.1, -0.05) is 6.07 Å². The van der Waals surface area contributed by atoms with Gasteiger partial charge in [0, 0.05) is 16.6 Å². The van der Waals surface area contributed by atoms with Gasteiger partial charge in [-0.05, 0) is 36.6 Å². The highest BCUT2D eigenvalue weighted by Crippen LogP contribution is 2.19. The van der Waals surface area contributed by atoms with Crippen molar-refractivity contribution in [3.05, 3.63) is 59.7 Å². The van der Waals surface area contributed by atoms with Crippen LogP contribution in [0.15, 0.2) is 47.4 Å². The van der Waals surface area contributed by atoms with E-state index < -0.39 is 35.7 Å². The van der Waals surface area contributed by atoms with Crippen LogP contribution in [0.4, 0.5) is 14.5 Å². The summed E-state index contributed by atoms with van der Waals surface area (Å²) < 4.78 is 30.9. The highest BCUT2D eigenvalue weighted by molar-refractivity contribution is 7.98. The molecule has 2 aromatic rings. The molecule has 0 radical (unpaired) electrons. The van der Waals surface area contributed by atoms with Gasteiger partial charge in [-0.15, -0.1) is 11.8 Å². The Bertz CT molecular complexity index is 737. The summed E-state index contributed by atoms with van der Waals surface area (Å²) >= 11 is 1.52. The van der Waals surface area contributed by atoms with Crippen molar-refractivity contribution in [1.82, 2.24) is 0 Å². The van der Waals surface area contributed by atoms with Gasteiger partial charge in [-0.3, -0.25) is 4.79 Å². The monoisotopic (exact) mass is 337 g/mol. The van der Waals surface area contributed by atoms with Gasteiger partial charge in [-0.25, -0.2) is 13.6 Å². The molecule has 0 atom stereocenters. The van der Waals surface area contributed by atoms with E-state index in [9.17, 15) is 18.4 Å². The minimum Gasteiger partial charge on any atom is -0.452 e. The highest BCUT2D eigenvalue weighted by atomic mass is 32.2. The molecule has 0 aliphatic rings. The Balaban J connectivity index is 1.92. The molecular weight excluding hydrogens is 324 g/mol. The molecule has 0 aliphatic carbocycles. The van der Waals surface area contributed by atoms with Crippen LogP contribution in [0.5, 0.6) is 0 Å². The molecule has 4 nitrogen and oxygen atoms in total. The Morgan fingerprint density at radius 2 is 1.96 bits per heavy atom. The van der Waals surface area contributed by atoms with Gasteiger partial charge in [-0.2, -0.15) is 0 Å². The summed E-state index contributed by atoms with van der Waals surface area (Å²) in [4.78, 5) is 24.4. The predicted octanol–water partition coefficient (Wildman–Crippen LogP) is 3.48. The molecule has 1 N–H and O–H groups in total. The summed E-state index contributed by atoms with van der Waals surface area (Å²) in [5.74, 6) is -3.43. The van der Waals surface area contributed by atoms with Crippen LogP contribution in [0.1, 0.15) is 10.4 Å². The van der Waals surface area contributed by atoms with Crippen LogP contribution in [0.3, 0.4) is 0 Å². The van der Waals surface area contributed by atoms with Gasteiger partial charge in [0.1, 0.15) is 11.6 Å². The van der Waals surface area contributed by atoms with E-state index in [4.69, 9.17) is 4.74 Å².